The Bertz CT molecular complexity index is 1010. The second-order valence-corrected chi connectivity index (χ2v) is 7.18. The number of carbonyl (C=O) groups is 2. The number of rotatable bonds is 5. The van der Waals surface area contributed by atoms with Crippen LogP contribution in [0.15, 0.2) is 41.1 Å². The van der Waals surface area contributed by atoms with E-state index in [4.69, 9.17) is 5.73 Å². The molecule has 0 saturated heterocycles. The molecule has 1 aromatic carbocycles. The highest BCUT2D eigenvalue weighted by Gasteiger charge is 2.23. The van der Waals surface area contributed by atoms with Gasteiger partial charge in [0, 0.05) is 33.0 Å². The molecule has 0 spiro atoms. The Morgan fingerprint density at radius 1 is 1.19 bits per heavy atom. The predicted octanol–water partition coefficient (Wildman–Crippen LogP) is 4.04. The Morgan fingerprint density at radius 2 is 1.96 bits per heavy atom. The first kappa shape index (κ1) is 17.8. The van der Waals surface area contributed by atoms with Crippen LogP contribution in [-0.4, -0.2) is 16.7 Å². The van der Waals surface area contributed by atoms with Gasteiger partial charge < -0.3 is 11.1 Å². The Morgan fingerprint density at radius 3 is 2.58 bits per heavy atom. The van der Waals surface area contributed by atoms with Crippen LogP contribution in [0.1, 0.15) is 26.3 Å². The zero-order valence-corrected chi connectivity index (χ0v) is 15.1. The van der Waals surface area contributed by atoms with E-state index in [0.29, 0.717) is 10.6 Å². The number of anilines is 1. The van der Waals surface area contributed by atoms with Gasteiger partial charge in [-0.15, -0.1) is 22.7 Å². The highest BCUT2D eigenvalue weighted by atomic mass is 32.1. The van der Waals surface area contributed by atoms with Crippen LogP contribution in [0.5, 0.6) is 0 Å². The Kier molecular flexibility index (Phi) is 4.83. The first-order valence-electron chi connectivity index (χ1n) is 7.40. The molecule has 0 aliphatic heterocycles. The Labute approximate surface area is 156 Å². The second-order valence-electron chi connectivity index (χ2n) is 5.36. The fraction of sp³-hybridized carbons (Fsp3) is 0.0588. The van der Waals surface area contributed by atoms with Crippen molar-refractivity contribution in [1.29, 1.82) is 0 Å². The van der Waals surface area contributed by atoms with E-state index in [9.17, 15) is 19.7 Å². The minimum absolute atomic E-state index is 0.141. The van der Waals surface area contributed by atoms with Crippen molar-refractivity contribution >= 4 is 45.2 Å². The summed E-state index contributed by atoms with van der Waals surface area (Å²) in [5, 5.41) is 17.7. The molecule has 0 aliphatic carbocycles. The number of nitrogens with one attached hydrogen (secondary N) is 1. The minimum Gasteiger partial charge on any atom is -0.365 e. The van der Waals surface area contributed by atoms with Crippen LogP contribution in [0.4, 0.5) is 10.7 Å². The summed E-state index contributed by atoms with van der Waals surface area (Å²) in [4.78, 5) is 35.9. The van der Waals surface area contributed by atoms with Gasteiger partial charge in [0.25, 0.3) is 17.5 Å². The first-order valence-corrected chi connectivity index (χ1v) is 9.16. The topological polar surface area (TPSA) is 115 Å². The third kappa shape index (κ3) is 3.22. The van der Waals surface area contributed by atoms with Gasteiger partial charge in [-0.2, -0.15) is 0 Å². The highest BCUT2D eigenvalue weighted by molar-refractivity contribution is 7.17. The van der Waals surface area contributed by atoms with Crippen LogP contribution in [0, 0.1) is 17.0 Å². The molecular weight excluding hydrogens is 374 g/mol. The van der Waals surface area contributed by atoms with Gasteiger partial charge in [-0.3, -0.25) is 19.7 Å². The minimum atomic E-state index is -0.652. The molecule has 0 atom stereocenters. The Hall–Kier alpha value is -3.04. The van der Waals surface area contributed by atoms with Gasteiger partial charge in [-0.1, -0.05) is 12.1 Å². The average molecular weight is 387 g/mol. The second kappa shape index (κ2) is 7.06. The van der Waals surface area contributed by atoms with Crippen LogP contribution in [-0.2, 0) is 0 Å². The number of hydrogen-bond acceptors (Lipinski definition) is 6. The summed E-state index contributed by atoms with van der Waals surface area (Å²) in [6.45, 7) is 1.51. The van der Waals surface area contributed by atoms with Crippen LogP contribution < -0.4 is 11.1 Å². The summed E-state index contributed by atoms with van der Waals surface area (Å²) in [7, 11) is 0. The summed E-state index contributed by atoms with van der Waals surface area (Å²) in [5.41, 5.74) is 6.67. The van der Waals surface area contributed by atoms with Gasteiger partial charge in [0.15, 0.2) is 0 Å². The molecule has 3 aromatic rings. The molecule has 3 N–H and O–H groups in total. The molecule has 0 aliphatic rings. The quantitative estimate of drug-likeness (QED) is 0.507. The third-order valence-corrected chi connectivity index (χ3v) is 5.60. The van der Waals surface area contributed by atoms with Gasteiger partial charge in [-0.25, -0.2) is 0 Å². The van der Waals surface area contributed by atoms with E-state index in [1.54, 1.807) is 5.38 Å². The number of primary amides is 1. The van der Waals surface area contributed by atoms with Crippen molar-refractivity contribution in [3.8, 4) is 10.4 Å². The number of benzene rings is 1. The first-order chi connectivity index (χ1) is 12.4. The maximum atomic E-state index is 12.6. The fourth-order valence-corrected chi connectivity index (χ4v) is 4.33. The smallest absolute Gasteiger partial charge is 0.273 e. The van der Waals surface area contributed by atoms with Crippen molar-refractivity contribution in [2.45, 2.75) is 6.92 Å². The molecule has 2 amide bonds. The lowest BCUT2D eigenvalue weighted by molar-refractivity contribution is -0.385. The molecule has 0 saturated carbocycles. The van der Waals surface area contributed by atoms with Crippen molar-refractivity contribution in [3.63, 3.8) is 0 Å². The van der Waals surface area contributed by atoms with Crippen molar-refractivity contribution < 1.29 is 14.5 Å². The number of carbonyl (C=O) groups excluding carboxylic acids is 2. The lowest BCUT2D eigenvalue weighted by atomic mass is 10.1. The Balaban J connectivity index is 1.98. The maximum Gasteiger partial charge on any atom is 0.273 e. The van der Waals surface area contributed by atoms with Crippen molar-refractivity contribution in [3.05, 3.63) is 67.9 Å². The van der Waals surface area contributed by atoms with Crippen LogP contribution in [0.25, 0.3) is 10.4 Å². The normalized spacial score (nSPS) is 10.5. The summed E-state index contributed by atoms with van der Waals surface area (Å²) < 4.78 is 0. The largest absolute Gasteiger partial charge is 0.365 e. The van der Waals surface area contributed by atoms with Gasteiger partial charge >= 0.3 is 0 Å². The SMILES string of the molecule is Cc1c(C(=O)Nc2scc(-c3cccs3)c2C(N)=O)cccc1[N+](=O)[O-]. The number of nitro groups is 1. The van der Waals surface area contributed by atoms with Gasteiger partial charge in [0.1, 0.15) is 5.00 Å². The van der Waals surface area contributed by atoms with E-state index in [-0.39, 0.29) is 22.4 Å². The number of nitrogens with zero attached hydrogens (tertiary/aromatic N) is 1. The summed E-state index contributed by atoms with van der Waals surface area (Å²) >= 11 is 2.64. The van der Waals surface area contributed by atoms with E-state index < -0.39 is 16.7 Å². The van der Waals surface area contributed by atoms with Crippen LogP contribution in [0.3, 0.4) is 0 Å². The lowest BCUT2D eigenvalue weighted by Crippen LogP contribution is -2.18. The van der Waals surface area contributed by atoms with Crippen molar-refractivity contribution in [1.82, 2.24) is 0 Å². The van der Waals surface area contributed by atoms with Crippen molar-refractivity contribution in [2.75, 3.05) is 5.32 Å². The van der Waals surface area contributed by atoms with Crippen LogP contribution in [0.2, 0.25) is 0 Å². The molecule has 0 radical (unpaired) electrons. The summed E-state index contributed by atoms with van der Waals surface area (Å²) in [6, 6.07) is 7.99. The molecule has 2 heterocycles. The van der Waals surface area contributed by atoms with E-state index in [0.717, 1.165) is 4.88 Å². The monoisotopic (exact) mass is 387 g/mol. The highest BCUT2D eigenvalue weighted by Crippen LogP contribution is 2.37. The standard InChI is InChI=1S/C17H13N3O4S2/c1-9-10(4-2-5-12(9)20(23)24)16(22)19-17-14(15(18)21)11(8-26-17)13-6-3-7-25-13/h2-8H,1H3,(H2,18,21)(H,19,22). The summed E-state index contributed by atoms with van der Waals surface area (Å²) in [5.74, 6) is -1.19. The zero-order valence-electron chi connectivity index (χ0n) is 13.5. The fourth-order valence-electron chi connectivity index (χ4n) is 2.55. The lowest BCUT2D eigenvalue weighted by Gasteiger charge is -2.08. The van der Waals surface area contributed by atoms with Crippen molar-refractivity contribution in [2.24, 2.45) is 5.73 Å². The molecule has 3 rings (SSSR count). The van der Waals surface area contributed by atoms with Gasteiger partial charge in [0.05, 0.1) is 10.5 Å². The van der Waals surface area contributed by atoms with Gasteiger partial charge in [0.2, 0.25) is 0 Å². The zero-order chi connectivity index (χ0) is 18.8. The number of nitrogens with two attached hydrogens (primary N) is 1. The van der Waals surface area contributed by atoms with E-state index in [1.165, 1.54) is 47.8 Å². The number of hydrogen-bond donors (Lipinski definition) is 2. The molecule has 0 fully saturated rings. The van der Waals surface area contributed by atoms with E-state index in [1.807, 2.05) is 17.5 Å². The van der Waals surface area contributed by atoms with E-state index in [2.05, 4.69) is 5.32 Å². The molecule has 26 heavy (non-hydrogen) atoms. The number of thiophene rings is 2. The molecule has 0 bridgehead atoms. The van der Waals surface area contributed by atoms with E-state index >= 15 is 0 Å². The molecule has 7 nitrogen and oxygen atoms in total. The molecule has 9 heteroatoms. The third-order valence-electron chi connectivity index (χ3n) is 3.80. The molecule has 2 aromatic heterocycles. The van der Waals surface area contributed by atoms with Crippen LogP contribution >= 0.6 is 22.7 Å². The van der Waals surface area contributed by atoms with Gasteiger partial charge in [-0.05, 0) is 24.4 Å². The number of amides is 2. The molecule has 0 unspecified atom stereocenters. The predicted molar refractivity (Wildman–Crippen MR) is 102 cm³/mol. The molecular formula is C17H13N3O4S2. The number of nitro benzene ring substituents is 1. The summed E-state index contributed by atoms with van der Waals surface area (Å²) in [6.07, 6.45) is 0. The maximum absolute atomic E-state index is 12.6. The molecule has 132 valence electrons. The average Bonchev–Trinajstić information content (AvgIpc) is 3.23.